The second kappa shape index (κ2) is 6.99. The summed E-state index contributed by atoms with van der Waals surface area (Å²) in [6.45, 7) is 1.73. The molecule has 0 amide bonds. The van der Waals surface area contributed by atoms with Crippen molar-refractivity contribution in [3.8, 4) is 0 Å². The third-order valence-electron chi connectivity index (χ3n) is 0.892. The summed E-state index contributed by atoms with van der Waals surface area (Å²) in [5.74, 6) is -0.522. The number of rotatable bonds is 5. The zero-order valence-electron chi connectivity index (χ0n) is 7.19. The zero-order chi connectivity index (χ0) is 9.61. The minimum absolute atomic E-state index is 0. The first kappa shape index (κ1) is 15.0. The van der Waals surface area contributed by atoms with E-state index in [-0.39, 0.29) is 18.6 Å². The molecule has 0 aromatic rings. The van der Waals surface area contributed by atoms with Crippen molar-refractivity contribution in [1.29, 1.82) is 0 Å². The van der Waals surface area contributed by atoms with E-state index in [0.717, 1.165) is 0 Å². The molecule has 80 valence electrons. The van der Waals surface area contributed by atoms with Crippen molar-refractivity contribution in [2.75, 3.05) is 19.4 Å². The fourth-order valence-corrected chi connectivity index (χ4v) is 0.919. The van der Waals surface area contributed by atoms with Crippen LogP contribution in [0.4, 0.5) is 0 Å². The third kappa shape index (κ3) is 11.5. The molecule has 8 heteroatoms. The first-order valence-corrected chi connectivity index (χ1v) is 5.16. The molecule has 0 aromatic carbocycles. The van der Waals surface area contributed by atoms with E-state index in [2.05, 4.69) is 10.1 Å². The Morgan fingerprint density at radius 1 is 1.54 bits per heavy atom. The maximum atomic E-state index is 10.6. The van der Waals surface area contributed by atoms with E-state index in [1.165, 1.54) is 0 Å². The highest BCUT2D eigenvalue weighted by molar-refractivity contribution is 7.51. The van der Waals surface area contributed by atoms with E-state index < -0.39 is 19.9 Å². The van der Waals surface area contributed by atoms with Crippen LogP contribution >= 0.6 is 7.60 Å². The Balaban J connectivity index is 0. The minimum atomic E-state index is -4.06. The molecule has 13 heavy (non-hydrogen) atoms. The molecular formula is C5H14NO6P. The third-order valence-corrected chi connectivity index (χ3v) is 1.53. The van der Waals surface area contributed by atoms with Crippen molar-refractivity contribution in [2.24, 2.45) is 0 Å². The van der Waals surface area contributed by atoms with Gasteiger partial charge < -0.3 is 20.0 Å². The Hall–Kier alpha value is -0.460. The quantitative estimate of drug-likeness (QED) is 0.376. The molecule has 0 saturated carbocycles. The average molecular weight is 215 g/mol. The van der Waals surface area contributed by atoms with Crippen LogP contribution in [0.1, 0.15) is 6.92 Å². The van der Waals surface area contributed by atoms with Crippen molar-refractivity contribution in [2.45, 2.75) is 6.92 Å². The van der Waals surface area contributed by atoms with Gasteiger partial charge in [0.25, 0.3) is 0 Å². The van der Waals surface area contributed by atoms with Gasteiger partial charge in [0.2, 0.25) is 0 Å². The molecule has 0 saturated heterocycles. The lowest BCUT2D eigenvalue weighted by Crippen LogP contribution is -2.25. The van der Waals surface area contributed by atoms with Crippen molar-refractivity contribution < 1.29 is 29.4 Å². The molecule has 5 N–H and O–H groups in total. The molecule has 0 heterocycles. The monoisotopic (exact) mass is 215 g/mol. The lowest BCUT2D eigenvalue weighted by atomic mass is 10.6. The highest BCUT2D eigenvalue weighted by Crippen LogP contribution is 2.31. The first-order chi connectivity index (χ1) is 5.45. The highest BCUT2D eigenvalue weighted by atomic mass is 31.2. The van der Waals surface area contributed by atoms with Crippen LogP contribution in [0.15, 0.2) is 0 Å². The number of esters is 1. The molecule has 0 fully saturated rings. The van der Waals surface area contributed by atoms with Gasteiger partial charge in [-0.15, -0.1) is 0 Å². The second-order valence-corrected chi connectivity index (χ2v) is 3.70. The lowest BCUT2D eigenvalue weighted by Gasteiger charge is -2.05. The smallest absolute Gasteiger partial charge is 0.339 e. The van der Waals surface area contributed by atoms with Gasteiger partial charge in [-0.05, 0) is 6.92 Å². The Bertz CT molecular complexity index is 189. The number of nitrogens with one attached hydrogen (secondary N) is 1. The zero-order valence-corrected chi connectivity index (χ0v) is 8.08. The van der Waals surface area contributed by atoms with Gasteiger partial charge in [-0.25, -0.2) is 0 Å². The predicted molar refractivity (Wildman–Crippen MR) is 45.2 cm³/mol. The van der Waals surface area contributed by atoms with Crippen LogP contribution in [0.5, 0.6) is 0 Å². The molecule has 0 bridgehead atoms. The Morgan fingerprint density at radius 2 is 2.08 bits per heavy atom. The van der Waals surface area contributed by atoms with Crippen molar-refractivity contribution in [3.05, 3.63) is 0 Å². The fraction of sp³-hybridized carbons (Fsp3) is 0.800. The van der Waals surface area contributed by atoms with Gasteiger partial charge in [-0.3, -0.25) is 14.7 Å². The van der Waals surface area contributed by atoms with Crippen LogP contribution < -0.4 is 5.32 Å². The largest absolute Gasteiger partial charge is 0.465 e. The Labute approximate surface area is 75.6 Å². The van der Waals surface area contributed by atoms with Crippen LogP contribution in [0.3, 0.4) is 0 Å². The van der Waals surface area contributed by atoms with Gasteiger partial charge in [0.1, 0.15) is 0 Å². The van der Waals surface area contributed by atoms with E-state index in [1.807, 2.05) is 0 Å². The summed E-state index contributed by atoms with van der Waals surface area (Å²) in [6, 6.07) is 0. The fourth-order valence-electron chi connectivity index (χ4n) is 0.516. The topological polar surface area (TPSA) is 127 Å². The van der Waals surface area contributed by atoms with Gasteiger partial charge in [-0.1, -0.05) is 0 Å². The van der Waals surface area contributed by atoms with Crippen LogP contribution in [0, 0.1) is 0 Å². The maximum Gasteiger partial charge on any atom is 0.339 e. The molecule has 0 atom stereocenters. The van der Waals surface area contributed by atoms with Crippen molar-refractivity contribution in [3.63, 3.8) is 0 Å². The number of hydrogen-bond acceptors (Lipinski definition) is 4. The summed E-state index contributed by atoms with van der Waals surface area (Å²) in [5, 5.41) is 2.27. The molecule has 7 nitrogen and oxygen atoms in total. The SMILES string of the molecule is CCOC(=O)CNCP(=O)(O)O.O. The van der Waals surface area contributed by atoms with Gasteiger partial charge in [0.15, 0.2) is 0 Å². The number of ether oxygens (including phenoxy) is 1. The molecule has 0 rings (SSSR count). The average Bonchev–Trinajstić information content (AvgIpc) is 1.84. The van der Waals surface area contributed by atoms with Gasteiger partial charge >= 0.3 is 13.6 Å². The summed E-state index contributed by atoms with van der Waals surface area (Å²) >= 11 is 0. The molecule has 0 aliphatic carbocycles. The maximum absolute atomic E-state index is 10.6. The summed E-state index contributed by atoms with van der Waals surface area (Å²) in [7, 11) is -4.06. The van der Waals surface area contributed by atoms with Crippen LogP contribution in [0.25, 0.3) is 0 Å². The number of carbonyl (C=O) groups excluding carboxylic acids is 1. The Morgan fingerprint density at radius 3 is 2.46 bits per heavy atom. The van der Waals surface area contributed by atoms with Crippen molar-refractivity contribution in [1.82, 2.24) is 5.32 Å². The molecule has 0 aromatic heterocycles. The van der Waals surface area contributed by atoms with E-state index in [1.54, 1.807) is 6.92 Å². The normalized spacial score (nSPS) is 10.4. The molecule has 0 spiro atoms. The molecule has 0 aliphatic heterocycles. The van der Waals surface area contributed by atoms with Crippen LogP contribution in [0.2, 0.25) is 0 Å². The molecule has 0 unspecified atom stereocenters. The van der Waals surface area contributed by atoms with Gasteiger partial charge in [0.05, 0.1) is 19.4 Å². The summed E-state index contributed by atoms with van der Waals surface area (Å²) in [4.78, 5) is 27.3. The Kier molecular flexibility index (Phi) is 8.09. The van der Waals surface area contributed by atoms with Crippen LogP contribution in [-0.2, 0) is 14.1 Å². The van der Waals surface area contributed by atoms with E-state index in [4.69, 9.17) is 9.79 Å². The predicted octanol–water partition coefficient (Wildman–Crippen LogP) is -1.55. The highest BCUT2D eigenvalue weighted by Gasteiger charge is 2.12. The molecular weight excluding hydrogens is 201 g/mol. The van der Waals surface area contributed by atoms with Gasteiger partial charge in [-0.2, -0.15) is 0 Å². The summed E-state index contributed by atoms with van der Waals surface area (Å²) in [5.41, 5.74) is 0. The minimum Gasteiger partial charge on any atom is -0.465 e. The van der Waals surface area contributed by atoms with E-state index >= 15 is 0 Å². The number of carbonyl (C=O) groups is 1. The first-order valence-electron chi connectivity index (χ1n) is 3.36. The lowest BCUT2D eigenvalue weighted by molar-refractivity contribution is -0.141. The van der Waals surface area contributed by atoms with E-state index in [0.29, 0.717) is 0 Å². The van der Waals surface area contributed by atoms with Crippen LogP contribution in [-0.4, -0.2) is 40.7 Å². The van der Waals surface area contributed by atoms with E-state index in [9.17, 15) is 9.36 Å². The summed E-state index contributed by atoms with van der Waals surface area (Å²) < 4.78 is 14.8. The number of hydrogen-bond donors (Lipinski definition) is 3. The molecule has 0 radical (unpaired) electrons. The van der Waals surface area contributed by atoms with Crippen molar-refractivity contribution >= 4 is 13.6 Å². The summed E-state index contributed by atoms with van der Waals surface area (Å²) in [6.07, 6.45) is -0.508. The van der Waals surface area contributed by atoms with Gasteiger partial charge in [0, 0.05) is 0 Å². The standard InChI is InChI=1S/C5H12NO5P.H2O/c1-2-11-5(7)3-6-4-12(8,9)10;/h6H,2-4H2,1H3,(H2,8,9,10);1H2. The second-order valence-electron chi connectivity index (χ2n) is 2.05. The molecule has 0 aliphatic rings.